The van der Waals surface area contributed by atoms with Gasteiger partial charge >= 0.3 is 0 Å². The fraction of sp³-hybridized carbons (Fsp3) is 0.385. The smallest absolute Gasteiger partial charge is 0.219 e. The number of para-hydroxylation sites is 1. The first kappa shape index (κ1) is 23.2. The number of carbonyl (C=O) groups excluding carboxylic acids is 1. The van der Waals surface area contributed by atoms with Crippen LogP contribution >= 0.6 is 11.8 Å². The highest BCUT2D eigenvalue weighted by Gasteiger charge is 2.15. The molecule has 0 aliphatic heterocycles. The van der Waals surface area contributed by atoms with E-state index in [1.165, 1.54) is 5.56 Å². The maximum atomic E-state index is 11.9. The fourth-order valence-corrected chi connectivity index (χ4v) is 4.60. The molecule has 0 unspecified atom stereocenters. The Balaban J connectivity index is 1.40. The van der Waals surface area contributed by atoms with E-state index in [2.05, 4.69) is 70.3 Å². The topological polar surface area (TPSA) is 72.7 Å². The number of thioether (sulfide) groups is 1. The molecule has 0 spiro atoms. The number of carbonyl (C=O) groups is 1. The van der Waals surface area contributed by atoms with Gasteiger partial charge in [0.1, 0.15) is 5.52 Å². The molecule has 0 radical (unpaired) electrons. The molecule has 2 aromatic heterocycles. The van der Waals surface area contributed by atoms with Crippen LogP contribution in [0.5, 0.6) is 0 Å². The second-order valence-corrected chi connectivity index (χ2v) is 9.76. The molecule has 1 N–H and O–H groups in total. The Morgan fingerprint density at radius 2 is 1.82 bits per heavy atom. The molecule has 2 aromatic carbocycles. The first-order valence-corrected chi connectivity index (χ1v) is 12.7. The third-order valence-electron chi connectivity index (χ3n) is 5.61. The van der Waals surface area contributed by atoms with E-state index in [-0.39, 0.29) is 5.91 Å². The second-order valence-electron chi connectivity index (χ2n) is 8.69. The number of aromatic nitrogens is 4. The molecule has 6 nitrogen and oxygen atoms in total. The van der Waals surface area contributed by atoms with Gasteiger partial charge in [-0.25, -0.2) is 4.98 Å². The van der Waals surface area contributed by atoms with Crippen molar-refractivity contribution < 1.29 is 4.79 Å². The second kappa shape index (κ2) is 11.3. The summed E-state index contributed by atoms with van der Waals surface area (Å²) in [4.78, 5) is 16.8. The molecule has 0 aliphatic rings. The van der Waals surface area contributed by atoms with Crippen LogP contribution < -0.4 is 5.32 Å². The summed E-state index contributed by atoms with van der Waals surface area (Å²) in [5.41, 5.74) is 4.04. The van der Waals surface area contributed by atoms with Gasteiger partial charge in [0.2, 0.25) is 11.1 Å². The quantitative estimate of drug-likeness (QED) is 0.237. The minimum absolute atomic E-state index is 0.144. The number of unbranched alkanes of at least 4 members (excludes halogenated alkanes) is 1. The molecular weight excluding hydrogens is 430 g/mol. The van der Waals surface area contributed by atoms with Gasteiger partial charge in [0.15, 0.2) is 5.65 Å². The Kier molecular flexibility index (Phi) is 7.94. The van der Waals surface area contributed by atoms with E-state index in [4.69, 9.17) is 4.98 Å². The summed E-state index contributed by atoms with van der Waals surface area (Å²) >= 11 is 1.60. The van der Waals surface area contributed by atoms with Crippen LogP contribution in [0.2, 0.25) is 0 Å². The van der Waals surface area contributed by atoms with Gasteiger partial charge in [-0.05, 0) is 36.8 Å². The Morgan fingerprint density at radius 3 is 2.64 bits per heavy atom. The summed E-state index contributed by atoms with van der Waals surface area (Å²) in [6, 6.07) is 18.7. The van der Waals surface area contributed by atoms with Gasteiger partial charge in [-0.3, -0.25) is 4.79 Å². The lowest BCUT2D eigenvalue weighted by Crippen LogP contribution is -2.24. The van der Waals surface area contributed by atoms with Crippen LogP contribution in [-0.4, -0.2) is 38.0 Å². The maximum absolute atomic E-state index is 11.9. The van der Waals surface area contributed by atoms with Crippen molar-refractivity contribution in [2.24, 2.45) is 5.92 Å². The molecule has 1 amide bonds. The van der Waals surface area contributed by atoms with Crippen molar-refractivity contribution in [2.75, 3.05) is 12.3 Å². The van der Waals surface area contributed by atoms with Gasteiger partial charge in [-0.1, -0.05) is 74.1 Å². The fourth-order valence-electron chi connectivity index (χ4n) is 3.82. The molecule has 0 saturated heterocycles. The zero-order chi connectivity index (χ0) is 23.0. The molecule has 2 heterocycles. The minimum atomic E-state index is 0.144. The Hall–Kier alpha value is -2.93. The number of hydrogen-bond donors (Lipinski definition) is 1. The monoisotopic (exact) mass is 461 g/mol. The summed E-state index contributed by atoms with van der Waals surface area (Å²) < 4.78 is 2.22. The van der Waals surface area contributed by atoms with Crippen molar-refractivity contribution in [1.29, 1.82) is 0 Å². The van der Waals surface area contributed by atoms with E-state index in [0.29, 0.717) is 17.5 Å². The number of nitrogens with zero attached hydrogens (tertiary/aromatic N) is 4. The average Bonchev–Trinajstić information content (AvgIpc) is 3.12. The van der Waals surface area contributed by atoms with Gasteiger partial charge in [0, 0.05) is 30.6 Å². The highest BCUT2D eigenvalue weighted by molar-refractivity contribution is 7.99. The molecule has 0 atom stereocenters. The van der Waals surface area contributed by atoms with Gasteiger partial charge < -0.3 is 9.88 Å². The zero-order valence-electron chi connectivity index (χ0n) is 19.3. The predicted molar refractivity (Wildman–Crippen MR) is 135 cm³/mol. The number of rotatable bonds is 11. The first-order valence-electron chi connectivity index (χ1n) is 11.7. The molecule has 33 heavy (non-hydrogen) atoms. The third-order valence-corrected chi connectivity index (χ3v) is 6.54. The summed E-state index contributed by atoms with van der Waals surface area (Å²) in [7, 11) is 0. The van der Waals surface area contributed by atoms with Crippen LogP contribution in [0, 0.1) is 5.92 Å². The minimum Gasteiger partial charge on any atom is -0.356 e. The summed E-state index contributed by atoms with van der Waals surface area (Å²) in [6.07, 6.45) is 3.40. The van der Waals surface area contributed by atoms with Gasteiger partial charge in [0.25, 0.3) is 0 Å². The van der Waals surface area contributed by atoms with E-state index in [1.807, 2.05) is 18.2 Å². The summed E-state index contributed by atoms with van der Waals surface area (Å²) in [5, 5.41) is 13.7. The van der Waals surface area contributed by atoms with Gasteiger partial charge in [0.05, 0.1) is 5.52 Å². The predicted octanol–water partition coefficient (Wildman–Crippen LogP) is 5.45. The highest BCUT2D eigenvalue weighted by Crippen LogP contribution is 2.28. The Bertz CT molecular complexity index is 1210. The molecule has 4 aromatic rings. The summed E-state index contributed by atoms with van der Waals surface area (Å²) in [6.45, 7) is 5.83. The molecular formula is C26H31N5OS. The van der Waals surface area contributed by atoms with Crippen LogP contribution in [-0.2, 0) is 11.3 Å². The van der Waals surface area contributed by atoms with Crippen LogP contribution in [0.4, 0.5) is 0 Å². The number of fused-ring (bicyclic) bond motifs is 3. The van der Waals surface area contributed by atoms with Crippen molar-refractivity contribution >= 4 is 39.7 Å². The number of nitrogens with one attached hydrogen (secondary N) is 1. The zero-order valence-corrected chi connectivity index (χ0v) is 20.1. The van der Waals surface area contributed by atoms with Crippen LogP contribution in [0.15, 0.2) is 59.8 Å². The molecule has 172 valence electrons. The Morgan fingerprint density at radius 1 is 1.03 bits per heavy atom. The van der Waals surface area contributed by atoms with Crippen molar-refractivity contribution in [3.05, 3.63) is 60.2 Å². The van der Waals surface area contributed by atoms with E-state index in [1.54, 1.807) is 11.8 Å². The van der Waals surface area contributed by atoms with Crippen molar-refractivity contribution in [1.82, 2.24) is 25.1 Å². The lowest BCUT2D eigenvalue weighted by Gasteiger charge is -2.07. The van der Waals surface area contributed by atoms with Crippen LogP contribution in [0.3, 0.4) is 0 Å². The molecule has 4 rings (SSSR count). The summed E-state index contributed by atoms with van der Waals surface area (Å²) in [5.74, 6) is 1.62. The maximum Gasteiger partial charge on any atom is 0.219 e. The van der Waals surface area contributed by atoms with Crippen LogP contribution in [0.25, 0.3) is 22.1 Å². The van der Waals surface area contributed by atoms with Crippen molar-refractivity contribution in [3.8, 4) is 0 Å². The van der Waals surface area contributed by atoms with E-state index >= 15 is 0 Å². The average molecular weight is 462 g/mol. The largest absolute Gasteiger partial charge is 0.356 e. The molecule has 7 heteroatoms. The van der Waals surface area contributed by atoms with E-state index in [0.717, 1.165) is 60.2 Å². The molecule has 0 fully saturated rings. The van der Waals surface area contributed by atoms with Crippen molar-refractivity contribution in [3.63, 3.8) is 0 Å². The lowest BCUT2D eigenvalue weighted by atomic mass is 10.1. The van der Waals surface area contributed by atoms with Crippen LogP contribution in [0.1, 0.15) is 45.1 Å². The van der Waals surface area contributed by atoms with E-state index < -0.39 is 0 Å². The highest BCUT2D eigenvalue weighted by atomic mass is 32.2. The lowest BCUT2D eigenvalue weighted by molar-refractivity contribution is -0.121. The standard InChI is InChI=1S/C26H31N5OS/c1-19(2)15-16-27-23(32)14-8-9-17-33-26-28-25-24(29-30-26)21-12-6-7-13-22(21)31(25)18-20-10-4-3-5-11-20/h3-7,10-13,19H,8-9,14-18H2,1-2H3,(H,27,32). The normalized spacial score (nSPS) is 11.5. The molecule has 0 aliphatic carbocycles. The van der Waals surface area contributed by atoms with E-state index in [9.17, 15) is 4.79 Å². The van der Waals surface area contributed by atoms with Gasteiger partial charge in [-0.2, -0.15) is 0 Å². The first-order chi connectivity index (χ1) is 16.1. The Labute approximate surface area is 199 Å². The molecule has 0 saturated carbocycles. The molecule has 0 bridgehead atoms. The number of benzene rings is 2. The van der Waals surface area contributed by atoms with Crippen molar-refractivity contribution in [2.45, 2.75) is 51.2 Å². The SMILES string of the molecule is CC(C)CCNC(=O)CCCCSc1nnc2c3ccccc3n(Cc3ccccc3)c2n1. The van der Waals surface area contributed by atoms with Gasteiger partial charge in [-0.15, -0.1) is 10.2 Å². The third kappa shape index (κ3) is 6.11. The number of hydrogen-bond acceptors (Lipinski definition) is 5. The number of amides is 1.